The van der Waals surface area contributed by atoms with Crippen molar-refractivity contribution in [2.24, 2.45) is 4.99 Å². The van der Waals surface area contributed by atoms with Crippen LogP contribution in [0, 0.1) is 5.82 Å². The van der Waals surface area contributed by atoms with Crippen molar-refractivity contribution < 1.29 is 28.2 Å². The minimum absolute atomic E-state index is 0.112. The molecule has 10 heteroatoms. The summed E-state index contributed by atoms with van der Waals surface area (Å²) in [6.07, 6.45) is 1.71. The van der Waals surface area contributed by atoms with Crippen molar-refractivity contribution in [3.63, 3.8) is 0 Å². The molecule has 4 aromatic carbocycles. The Morgan fingerprint density at radius 2 is 1.63 bits per heavy atom. The average molecular weight is 637 g/mol. The molecule has 0 radical (unpaired) electrons. The van der Waals surface area contributed by atoms with Crippen molar-refractivity contribution in [1.29, 1.82) is 0 Å². The number of halogens is 1. The Hall–Kier alpha value is -5.35. The van der Waals surface area contributed by atoms with Crippen LogP contribution in [-0.2, 0) is 19.1 Å². The van der Waals surface area contributed by atoms with Crippen LogP contribution in [0.25, 0.3) is 22.5 Å². The molecule has 6 rings (SSSR count). The number of rotatable bonds is 9. The zero-order chi connectivity index (χ0) is 32.2. The van der Waals surface area contributed by atoms with Crippen LogP contribution < -0.4 is 19.6 Å². The molecule has 1 aliphatic rings. The predicted octanol–water partition coefficient (Wildman–Crippen LogP) is 5.17. The first-order valence-electron chi connectivity index (χ1n) is 14.7. The molecule has 46 heavy (non-hydrogen) atoms. The van der Waals surface area contributed by atoms with Gasteiger partial charge in [0.1, 0.15) is 11.6 Å². The summed E-state index contributed by atoms with van der Waals surface area (Å²) in [5.41, 5.74) is 1.91. The Bertz CT molecular complexity index is 2150. The topological polar surface area (TPSA) is 96.2 Å². The number of nitrogens with zero attached hydrogens (tertiary/aromatic N) is 2. The highest BCUT2D eigenvalue weighted by atomic mass is 32.1. The molecule has 232 valence electrons. The molecule has 0 N–H and O–H groups in total. The monoisotopic (exact) mass is 636 g/mol. The number of ether oxygens (including phenoxy) is 3. The van der Waals surface area contributed by atoms with Crippen molar-refractivity contribution >= 4 is 45.8 Å². The number of aromatic nitrogens is 1. The Balaban J connectivity index is 1.61. The Morgan fingerprint density at radius 3 is 2.37 bits per heavy atom. The molecule has 0 amide bonds. The number of esters is 2. The first-order chi connectivity index (χ1) is 22.4. The normalized spacial score (nSPS) is 14.5. The summed E-state index contributed by atoms with van der Waals surface area (Å²) >= 11 is 1.15. The minimum Gasteiger partial charge on any atom is -0.481 e. The van der Waals surface area contributed by atoms with E-state index < -0.39 is 29.4 Å². The van der Waals surface area contributed by atoms with E-state index in [0.29, 0.717) is 37.5 Å². The highest BCUT2D eigenvalue weighted by Crippen LogP contribution is 2.35. The second-order valence-corrected chi connectivity index (χ2v) is 11.3. The minimum atomic E-state index is -0.944. The fourth-order valence-electron chi connectivity index (χ4n) is 5.42. The zero-order valence-corrected chi connectivity index (χ0v) is 25.9. The van der Waals surface area contributed by atoms with Gasteiger partial charge < -0.3 is 14.2 Å². The number of thiazole rings is 1. The molecule has 0 unspecified atom stereocenters. The van der Waals surface area contributed by atoms with E-state index in [1.54, 1.807) is 38.1 Å². The van der Waals surface area contributed by atoms with Gasteiger partial charge in [-0.1, -0.05) is 84.1 Å². The lowest BCUT2D eigenvalue weighted by Crippen LogP contribution is -2.40. The SMILES string of the molecule is CCOC(=O)COc1ccc2ccccc2c1/C=c1\sc2n(c1=O)[C@@H](c1ccc(F)cc1)C(C(=O)OCC)=C(c1ccccc1)N=2. The predicted molar refractivity (Wildman–Crippen MR) is 174 cm³/mol. The van der Waals surface area contributed by atoms with Crippen molar-refractivity contribution in [2.75, 3.05) is 19.8 Å². The smallest absolute Gasteiger partial charge is 0.344 e. The van der Waals surface area contributed by atoms with Crippen molar-refractivity contribution in [3.8, 4) is 5.75 Å². The van der Waals surface area contributed by atoms with E-state index in [4.69, 9.17) is 19.2 Å². The van der Waals surface area contributed by atoms with E-state index in [2.05, 4.69) is 0 Å². The maximum Gasteiger partial charge on any atom is 0.344 e. The molecule has 0 fully saturated rings. The van der Waals surface area contributed by atoms with E-state index in [0.717, 1.165) is 22.1 Å². The third kappa shape index (κ3) is 5.99. The molecular weight excluding hydrogens is 607 g/mol. The number of hydrogen-bond acceptors (Lipinski definition) is 8. The molecular formula is C36H29FN2O6S. The van der Waals surface area contributed by atoms with Crippen LogP contribution >= 0.6 is 11.3 Å². The van der Waals surface area contributed by atoms with Crippen LogP contribution in [0.5, 0.6) is 5.75 Å². The molecule has 0 bridgehead atoms. The standard InChI is InChI=1S/C36H29FN2O6S/c1-3-43-30(40)21-45-28-19-16-22-10-8-9-13-26(22)27(28)20-29-34(41)39-33(24-14-17-25(37)18-15-24)31(35(42)44-4-2)32(38-36(39)46-29)23-11-6-5-7-12-23/h5-20,33H,3-4,21H2,1-2H3/b29-20-/t33-/m0/s1. The number of benzene rings is 4. The molecule has 0 aliphatic carbocycles. The van der Waals surface area contributed by atoms with E-state index >= 15 is 0 Å². The molecule has 0 spiro atoms. The van der Waals surface area contributed by atoms with Crippen LogP contribution in [-0.4, -0.2) is 36.3 Å². The summed E-state index contributed by atoms with van der Waals surface area (Å²) in [6.45, 7) is 3.45. The van der Waals surface area contributed by atoms with E-state index in [9.17, 15) is 18.8 Å². The highest BCUT2D eigenvalue weighted by Gasteiger charge is 2.35. The summed E-state index contributed by atoms with van der Waals surface area (Å²) in [7, 11) is 0. The van der Waals surface area contributed by atoms with E-state index in [1.807, 2.05) is 60.7 Å². The first-order valence-corrected chi connectivity index (χ1v) is 15.5. The maximum absolute atomic E-state index is 14.4. The molecule has 1 aliphatic heterocycles. The number of hydrogen-bond donors (Lipinski definition) is 0. The van der Waals surface area contributed by atoms with Gasteiger partial charge in [-0.25, -0.2) is 19.0 Å². The first kappa shape index (κ1) is 30.7. The van der Waals surface area contributed by atoms with Gasteiger partial charge in [0.05, 0.1) is 35.1 Å². The summed E-state index contributed by atoms with van der Waals surface area (Å²) in [5.74, 6) is -1.20. The summed E-state index contributed by atoms with van der Waals surface area (Å²) < 4.78 is 32.3. The molecule has 1 atom stereocenters. The highest BCUT2D eigenvalue weighted by molar-refractivity contribution is 7.07. The van der Waals surface area contributed by atoms with Crippen LogP contribution in [0.4, 0.5) is 4.39 Å². The van der Waals surface area contributed by atoms with Gasteiger partial charge in [0.15, 0.2) is 11.4 Å². The summed E-state index contributed by atoms with van der Waals surface area (Å²) in [4.78, 5) is 45.3. The fourth-order valence-corrected chi connectivity index (χ4v) is 6.40. The van der Waals surface area contributed by atoms with E-state index in [1.165, 1.54) is 16.7 Å². The van der Waals surface area contributed by atoms with Gasteiger partial charge in [-0.05, 0) is 54.5 Å². The number of carbonyl (C=O) groups is 2. The lowest BCUT2D eigenvalue weighted by Gasteiger charge is -2.25. The Morgan fingerprint density at radius 1 is 0.913 bits per heavy atom. The van der Waals surface area contributed by atoms with Crippen molar-refractivity contribution in [3.05, 3.63) is 139 Å². The third-order valence-electron chi connectivity index (χ3n) is 7.42. The van der Waals surface area contributed by atoms with Crippen molar-refractivity contribution in [1.82, 2.24) is 4.57 Å². The summed E-state index contributed by atoms with van der Waals surface area (Å²) in [6, 6.07) is 25.2. The van der Waals surface area contributed by atoms with Gasteiger partial charge in [0, 0.05) is 11.1 Å². The van der Waals surface area contributed by atoms with Gasteiger partial charge in [-0.2, -0.15) is 0 Å². The lowest BCUT2D eigenvalue weighted by molar-refractivity contribution is -0.145. The second kappa shape index (κ2) is 13.3. The van der Waals surface area contributed by atoms with Gasteiger partial charge in [-0.15, -0.1) is 0 Å². The maximum atomic E-state index is 14.4. The Labute approximate surface area is 267 Å². The average Bonchev–Trinajstić information content (AvgIpc) is 3.38. The largest absolute Gasteiger partial charge is 0.481 e. The second-order valence-electron chi connectivity index (χ2n) is 10.3. The third-order valence-corrected chi connectivity index (χ3v) is 8.40. The molecule has 1 aromatic heterocycles. The van der Waals surface area contributed by atoms with Gasteiger partial charge in [0.2, 0.25) is 0 Å². The lowest BCUT2D eigenvalue weighted by atomic mass is 9.93. The molecule has 0 saturated carbocycles. The van der Waals surface area contributed by atoms with Gasteiger partial charge >= 0.3 is 11.9 Å². The number of fused-ring (bicyclic) bond motifs is 2. The van der Waals surface area contributed by atoms with Gasteiger partial charge in [0.25, 0.3) is 5.56 Å². The molecule has 8 nitrogen and oxygen atoms in total. The van der Waals surface area contributed by atoms with Crippen LogP contribution in [0.1, 0.15) is 36.6 Å². The Kier molecular flexibility index (Phi) is 8.89. The quantitative estimate of drug-likeness (QED) is 0.207. The number of carbonyl (C=O) groups excluding carboxylic acids is 2. The molecule has 0 saturated heterocycles. The molecule has 5 aromatic rings. The van der Waals surface area contributed by atoms with Crippen LogP contribution in [0.3, 0.4) is 0 Å². The van der Waals surface area contributed by atoms with Gasteiger partial charge in [-0.3, -0.25) is 9.36 Å². The van der Waals surface area contributed by atoms with Crippen LogP contribution in [0.2, 0.25) is 0 Å². The zero-order valence-electron chi connectivity index (χ0n) is 25.1. The summed E-state index contributed by atoms with van der Waals surface area (Å²) in [5, 5.41) is 1.71. The van der Waals surface area contributed by atoms with Crippen LogP contribution in [0.15, 0.2) is 106 Å². The van der Waals surface area contributed by atoms with Crippen molar-refractivity contribution in [2.45, 2.75) is 19.9 Å². The van der Waals surface area contributed by atoms with E-state index in [-0.39, 0.29) is 25.4 Å². The fraction of sp³-hybridized carbons (Fsp3) is 0.167. The molecule has 2 heterocycles.